The average Bonchev–Trinajstić information content (AvgIpc) is 2.68. The van der Waals surface area contributed by atoms with Crippen LogP contribution in [0.25, 0.3) is 0 Å². The highest BCUT2D eigenvalue weighted by atomic mass is 35.5. The Morgan fingerprint density at radius 3 is 3.00 bits per heavy atom. The topological polar surface area (TPSA) is 88.4 Å². The van der Waals surface area contributed by atoms with Gasteiger partial charge in [0.1, 0.15) is 0 Å². The van der Waals surface area contributed by atoms with Gasteiger partial charge in [-0.05, 0) is 0 Å². The largest absolute Gasteiger partial charge is 0.361 e. The van der Waals surface area contributed by atoms with Crippen LogP contribution in [-0.4, -0.2) is 28.3 Å². The van der Waals surface area contributed by atoms with Gasteiger partial charge in [0.05, 0.1) is 11.5 Å². The van der Waals surface area contributed by atoms with E-state index in [9.17, 15) is 14.9 Å². The maximum Gasteiger partial charge on any atom is 0.274 e. The van der Waals surface area contributed by atoms with E-state index in [4.69, 9.17) is 11.6 Å². The van der Waals surface area contributed by atoms with E-state index in [1.807, 2.05) is 0 Å². The molecule has 0 aliphatic rings. The van der Waals surface area contributed by atoms with E-state index in [2.05, 4.69) is 10.3 Å². The molecule has 0 aliphatic carbocycles. The van der Waals surface area contributed by atoms with E-state index in [-0.39, 0.29) is 5.82 Å². The van der Waals surface area contributed by atoms with Gasteiger partial charge < -0.3 is 5.32 Å². The lowest BCUT2D eigenvalue weighted by Crippen LogP contribution is -2.28. The number of rotatable bonds is 6. The molecule has 0 aromatic carbocycles. The molecule has 0 saturated heterocycles. The maximum atomic E-state index is 10.5. The third kappa shape index (κ3) is 4.37. The van der Waals surface area contributed by atoms with Crippen LogP contribution in [0.5, 0.6) is 0 Å². The van der Waals surface area contributed by atoms with Crippen LogP contribution in [0.2, 0.25) is 4.47 Å². The monoisotopic (exact) mass is 276 g/mol. The first-order chi connectivity index (χ1) is 8.02. The van der Waals surface area contributed by atoms with Crippen molar-refractivity contribution in [3.05, 3.63) is 37.7 Å². The number of thiazole rings is 1. The van der Waals surface area contributed by atoms with Crippen LogP contribution in [0, 0.1) is 10.1 Å². The van der Waals surface area contributed by atoms with E-state index in [0.29, 0.717) is 17.4 Å². The molecular formula is C8H9ClN4O3S. The summed E-state index contributed by atoms with van der Waals surface area (Å²) in [5.74, 6) is 0.0922. The molecule has 17 heavy (non-hydrogen) atoms. The van der Waals surface area contributed by atoms with Crippen LogP contribution in [-0.2, 0) is 11.3 Å². The minimum absolute atomic E-state index is 0.0922. The Kier molecular flexibility index (Phi) is 4.85. The van der Waals surface area contributed by atoms with Gasteiger partial charge in [0.15, 0.2) is 10.3 Å². The Balaban J connectivity index is 2.67. The molecule has 1 N–H and O–H groups in total. The first-order valence-electron chi connectivity index (χ1n) is 4.40. The first-order valence-corrected chi connectivity index (χ1v) is 5.60. The molecule has 1 heterocycles. The molecule has 1 amide bonds. The van der Waals surface area contributed by atoms with Crippen LogP contribution in [0.4, 0.5) is 0 Å². The second-order valence-electron chi connectivity index (χ2n) is 2.95. The van der Waals surface area contributed by atoms with Crippen LogP contribution < -0.4 is 5.32 Å². The van der Waals surface area contributed by atoms with Crippen LogP contribution in [0.15, 0.2) is 18.2 Å². The molecule has 0 unspecified atom stereocenters. The van der Waals surface area contributed by atoms with Crippen molar-refractivity contribution in [2.24, 2.45) is 0 Å². The molecule has 7 nitrogen and oxygen atoms in total. The van der Waals surface area contributed by atoms with Gasteiger partial charge in [-0.25, -0.2) is 4.98 Å². The summed E-state index contributed by atoms with van der Waals surface area (Å²) < 4.78 is 0.394. The van der Waals surface area contributed by atoms with Crippen LogP contribution in [0.1, 0.15) is 4.88 Å². The zero-order valence-electron chi connectivity index (χ0n) is 8.79. The Morgan fingerprint density at radius 2 is 2.53 bits per heavy atom. The normalized spacial score (nSPS) is 11.1. The fourth-order valence-electron chi connectivity index (χ4n) is 0.961. The van der Waals surface area contributed by atoms with Gasteiger partial charge in [0.2, 0.25) is 6.41 Å². The number of nitro groups is 1. The van der Waals surface area contributed by atoms with Gasteiger partial charge >= 0.3 is 0 Å². The molecule has 0 radical (unpaired) electrons. The molecule has 1 aromatic rings. The van der Waals surface area contributed by atoms with Crippen molar-refractivity contribution in [3.63, 3.8) is 0 Å². The average molecular weight is 277 g/mol. The van der Waals surface area contributed by atoms with E-state index in [0.717, 1.165) is 16.0 Å². The summed E-state index contributed by atoms with van der Waals surface area (Å²) in [6.07, 6.45) is 2.75. The van der Waals surface area contributed by atoms with Crippen molar-refractivity contribution < 1.29 is 9.72 Å². The summed E-state index contributed by atoms with van der Waals surface area (Å²) in [7, 11) is 1.41. The van der Waals surface area contributed by atoms with Crippen LogP contribution >= 0.6 is 22.9 Å². The molecule has 0 aliphatic heterocycles. The number of hydrogen-bond donors (Lipinski definition) is 1. The summed E-state index contributed by atoms with van der Waals surface area (Å²) >= 11 is 6.90. The number of hydrogen-bond acceptors (Lipinski definition) is 6. The molecule has 0 bridgehead atoms. The summed E-state index contributed by atoms with van der Waals surface area (Å²) in [6, 6.07) is 0. The summed E-state index contributed by atoms with van der Waals surface area (Å²) in [6.45, 7) is 0.308. The maximum absolute atomic E-state index is 10.5. The lowest BCUT2D eigenvalue weighted by Gasteiger charge is -2.14. The highest BCUT2D eigenvalue weighted by Crippen LogP contribution is 2.17. The number of nitrogens with zero attached hydrogens (tertiary/aromatic N) is 3. The van der Waals surface area contributed by atoms with Crippen LogP contribution in [0.3, 0.4) is 0 Å². The minimum Gasteiger partial charge on any atom is -0.361 e. The zero-order valence-corrected chi connectivity index (χ0v) is 10.4. The number of carbonyl (C=O) groups is 1. The fourth-order valence-corrected chi connectivity index (χ4v) is 1.88. The molecule has 1 aromatic heterocycles. The second kappa shape index (κ2) is 6.16. The third-order valence-electron chi connectivity index (χ3n) is 1.73. The fraction of sp³-hybridized carbons (Fsp3) is 0.250. The summed E-state index contributed by atoms with van der Waals surface area (Å²) in [5.41, 5.74) is 0. The van der Waals surface area contributed by atoms with Gasteiger partial charge in [0, 0.05) is 18.1 Å². The van der Waals surface area contributed by atoms with Gasteiger partial charge in [-0.2, -0.15) is 0 Å². The molecule has 1 rings (SSSR count). The van der Waals surface area contributed by atoms with Gasteiger partial charge in [0.25, 0.3) is 6.20 Å². The zero-order chi connectivity index (χ0) is 12.8. The van der Waals surface area contributed by atoms with E-state index < -0.39 is 4.92 Å². The van der Waals surface area contributed by atoms with Gasteiger partial charge in [-0.15, -0.1) is 11.3 Å². The Morgan fingerprint density at radius 1 is 1.82 bits per heavy atom. The predicted molar refractivity (Wildman–Crippen MR) is 62.9 cm³/mol. The lowest BCUT2D eigenvalue weighted by molar-refractivity contribution is -0.404. The predicted octanol–water partition coefficient (Wildman–Crippen LogP) is 1.05. The quantitative estimate of drug-likeness (QED) is 0.477. The van der Waals surface area contributed by atoms with Gasteiger partial charge in [-0.3, -0.25) is 19.8 Å². The van der Waals surface area contributed by atoms with Crippen molar-refractivity contribution in [2.75, 3.05) is 7.05 Å². The van der Waals surface area contributed by atoms with Crippen molar-refractivity contribution in [2.45, 2.75) is 6.54 Å². The molecule has 9 heteroatoms. The molecule has 0 saturated carbocycles. The Labute approximate surface area is 106 Å². The highest BCUT2D eigenvalue weighted by molar-refractivity contribution is 7.15. The third-order valence-corrected chi connectivity index (χ3v) is 2.85. The van der Waals surface area contributed by atoms with E-state index >= 15 is 0 Å². The lowest BCUT2D eigenvalue weighted by atomic mass is 10.5. The summed E-state index contributed by atoms with van der Waals surface area (Å²) in [4.78, 5) is 26.0. The Bertz CT molecular complexity index is 448. The van der Waals surface area contributed by atoms with Crippen molar-refractivity contribution in [1.82, 2.24) is 15.2 Å². The molecule has 0 atom stereocenters. The summed E-state index contributed by atoms with van der Waals surface area (Å²) in [5, 5.41) is 13.1. The standard InChI is InChI=1S/C8H9ClN4O3S/c1-12(5-14)7(4-13(15)16)10-2-6-3-11-8(9)17-6/h3-5,10H,2H2,1H3/b7-4-. The molecule has 0 fully saturated rings. The number of nitrogens with one attached hydrogen (secondary N) is 1. The first kappa shape index (κ1) is 13.4. The molecule has 0 spiro atoms. The smallest absolute Gasteiger partial charge is 0.274 e. The second-order valence-corrected chi connectivity index (χ2v) is 4.65. The van der Waals surface area contributed by atoms with Crippen molar-refractivity contribution in [3.8, 4) is 0 Å². The number of halogens is 1. The molecule has 92 valence electrons. The number of aromatic nitrogens is 1. The number of carbonyl (C=O) groups excluding carboxylic acids is 1. The van der Waals surface area contributed by atoms with Crippen molar-refractivity contribution >= 4 is 29.3 Å². The van der Waals surface area contributed by atoms with Crippen molar-refractivity contribution in [1.29, 1.82) is 0 Å². The highest BCUT2D eigenvalue weighted by Gasteiger charge is 2.09. The molecular weight excluding hydrogens is 268 g/mol. The van der Waals surface area contributed by atoms with Gasteiger partial charge in [-0.1, -0.05) is 11.6 Å². The number of amides is 1. The van der Waals surface area contributed by atoms with E-state index in [1.54, 1.807) is 6.20 Å². The Hall–Kier alpha value is -1.67. The SMILES string of the molecule is CN(C=O)/C(=C\[N+](=O)[O-])NCc1cnc(Cl)s1. The van der Waals surface area contributed by atoms with E-state index in [1.165, 1.54) is 18.4 Å². The minimum atomic E-state index is -0.637.